The molecule has 1 saturated heterocycles. The molecule has 1 heterocycles. The van der Waals surface area contributed by atoms with Gasteiger partial charge < -0.3 is 10.5 Å². The first-order valence-corrected chi connectivity index (χ1v) is 4.78. The Bertz CT molecular complexity index is 212. The second-order valence-corrected chi connectivity index (χ2v) is 3.55. The quantitative estimate of drug-likeness (QED) is 0.621. The predicted molar refractivity (Wildman–Crippen MR) is 50.4 cm³/mol. The maximum Gasteiger partial charge on any atom is 0.255 e. The lowest BCUT2D eigenvalue weighted by Crippen LogP contribution is -2.46. The van der Waals surface area contributed by atoms with Crippen LogP contribution in [0.15, 0.2) is 0 Å². The number of nitrogens with zero attached hydrogens (tertiary/aromatic N) is 1. The minimum Gasteiger partial charge on any atom is -0.362 e. The third kappa shape index (κ3) is 3.08. The van der Waals surface area contributed by atoms with Gasteiger partial charge in [-0.25, -0.2) is 0 Å². The van der Waals surface area contributed by atoms with Crippen LogP contribution in [0.3, 0.4) is 0 Å². The summed E-state index contributed by atoms with van der Waals surface area (Å²) < 4.78 is 4.79. The monoisotopic (exact) mass is 200 g/mol. The number of hydrogen-bond acceptors (Lipinski definition) is 4. The lowest BCUT2D eigenvalue weighted by Gasteiger charge is -2.24. The molecule has 1 aliphatic heterocycles. The van der Waals surface area contributed by atoms with Gasteiger partial charge in [0.2, 0.25) is 0 Å². The molecule has 0 aliphatic carbocycles. The van der Waals surface area contributed by atoms with Crippen LogP contribution in [0.4, 0.5) is 0 Å². The number of ether oxygens (including phenoxy) is 1. The first kappa shape index (κ1) is 11.1. The van der Waals surface area contributed by atoms with Crippen molar-refractivity contribution in [3.8, 4) is 0 Å². The molecule has 0 bridgehead atoms. The topological polar surface area (TPSA) is 72.6 Å². The molecular formula is C9H16N2O3. The largest absolute Gasteiger partial charge is 0.362 e. The lowest BCUT2D eigenvalue weighted by atomic mass is 10.2. The average molecular weight is 200 g/mol. The van der Waals surface area contributed by atoms with E-state index in [1.165, 1.54) is 4.90 Å². The van der Waals surface area contributed by atoms with Crippen molar-refractivity contribution in [2.45, 2.75) is 25.8 Å². The third-order valence-electron chi connectivity index (χ3n) is 2.09. The Morgan fingerprint density at radius 3 is 2.50 bits per heavy atom. The van der Waals surface area contributed by atoms with Gasteiger partial charge in [0.05, 0.1) is 0 Å². The highest BCUT2D eigenvalue weighted by Gasteiger charge is 2.25. The van der Waals surface area contributed by atoms with E-state index in [-0.39, 0.29) is 31.1 Å². The number of rotatable bonds is 4. The van der Waals surface area contributed by atoms with Crippen molar-refractivity contribution in [2.75, 3.05) is 19.8 Å². The van der Waals surface area contributed by atoms with Gasteiger partial charge in [-0.15, -0.1) is 0 Å². The number of hydrogen-bond donors (Lipinski definition) is 1. The Hall–Kier alpha value is -0.940. The normalized spacial score (nSPS) is 20.0. The van der Waals surface area contributed by atoms with Crippen LogP contribution in [-0.4, -0.2) is 42.5 Å². The van der Waals surface area contributed by atoms with Crippen LogP contribution < -0.4 is 5.73 Å². The van der Waals surface area contributed by atoms with E-state index in [9.17, 15) is 9.59 Å². The molecule has 2 amide bonds. The van der Waals surface area contributed by atoms with Crippen LogP contribution in [0.1, 0.15) is 19.8 Å². The molecule has 1 atom stereocenters. The van der Waals surface area contributed by atoms with Gasteiger partial charge in [0, 0.05) is 12.6 Å². The first-order valence-electron chi connectivity index (χ1n) is 4.78. The van der Waals surface area contributed by atoms with Crippen LogP contribution in [0.5, 0.6) is 0 Å². The van der Waals surface area contributed by atoms with Gasteiger partial charge in [-0.2, -0.15) is 0 Å². The average Bonchev–Trinajstić information content (AvgIpc) is 2.09. The fourth-order valence-corrected chi connectivity index (χ4v) is 1.34. The van der Waals surface area contributed by atoms with Gasteiger partial charge in [-0.05, 0) is 19.8 Å². The molecule has 0 radical (unpaired) electrons. The fraction of sp³-hybridized carbons (Fsp3) is 0.778. The van der Waals surface area contributed by atoms with Gasteiger partial charge in [-0.1, -0.05) is 0 Å². The molecule has 2 N–H and O–H groups in total. The van der Waals surface area contributed by atoms with Crippen LogP contribution >= 0.6 is 0 Å². The Labute approximate surface area is 83.2 Å². The minimum atomic E-state index is -0.245. The van der Waals surface area contributed by atoms with Crippen LogP contribution in [0.25, 0.3) is 0 Å². The Balaban J connectivity index is 2.33. The molecule has 0 aromatic carbocycles. The second-order valence-electron chi connectivity index (χ2n) is 3.55. The van der Waals surface area contributed by atoms with Gasteiger partial charge in [0.25, 0.3) is 11.8 Å². The summed E-state index contributed by atoms with van der Waals surface area (Å²) in [5, 5.41) is 0. The Morgan fingerprint density at radius 1 is 1.43 bits per heavy atom. The molecule has 0 saturated carbocycles. The maximum atomic E-state index is 11.2. The molecule has 0 aromatic rings. The number of imide groups is 1. The standard InChI is InChI=1S/C9H16N2O3/c1-7(10)3-2-4-11-8(12)5-14-6-9(11)13/h7H,2-6,10H2,1H3. The Kier molecular flexibility index (Phi) is 4.03. The molecule has 1 rings (SSSR count). The molecule has 5 heteroatoms. The molecule has 80 valence electrons. The van der Waals surface area contributed by atoms with Gasteiger partial charge in [0.1, 0.15) is 13.2 Å². The zero-order valence-corrected chi connectivity index (χ0v) is 8.36. The molecule has 5 nitrogen and oxygen atoms in total. The summed E-state index contributed by atoms with van der Waals surface area (Å²) in [5.74, 6) is -0.489. The van der Waals surface area contributed by atoms with Gasteiger partial charge in [-0.3, -0.25) is 14.5 Å². The number of carbonyl (C=O) groups is 2. The smallest absolute Gasteiger partial charge is 0.255 e. The van der Waals surface area contributed by atoms with E-state index >= 15 is 0 Å². The third-order valence-corrected chi connectivity index (χ3v) is 2.09. The van der Waals surface area contributed by atoms with Crippen molar-refractivity contribution in [1.82, 2.24) is 4.90 Å². The molecule has 0 spiro atoms. The summed E-state index contributed by atoms with van der Waals surface area (Å²) in [4.78, 5) is 23.7. The van der Waals surface area contributed by atoms with Gasteiger partial charge >= 0.3 is 0 Å². The van der Waals surface area contributed by atoms with Crippen molar-refractivity contribution in [1.29, 1.82) is 0 Å². The van der Waals surface area contributed by atoms with E-state index in [1.54, 1.807) is 0 Å². The van der Waals surface area contributed by atoms with E-state index in [0.717, 1.165) is 12.8 Å². The molecule has 0 aromatic heterocycles. The van der Waals surface area contributed by atoms with E-state index in [2.05, 4.69) is 0 Å². The Morgan fingerprint density at radius 2 is 2.00 bits per heavy atom. The summed E-state index contributed by atoms with van der Waals surface area (Å²) in [5.41, 5.74) is 5.56. The van der Waals surface area contributed by atoms with Gasteiger partial charge in [0.15, 0.2) is 0 Å². The zero-order chi connectivity index (χ0) is 10.6. The summed E-state index contributed by atoms with van der Waals surface area (Å²) in [7, 11) is 0. The molecule has 14 heavy (non-hydrogen) atoms. The fourth-order valence-electron chi connectivity index (χ4n) is 1.34. The number of carbonyl (C=O) groups excluding carboxylic acids is 2. The lowest BCUT2D eigenvalue weighted by molar-refractivity contribution is -0.158. The SMILES string of the molecule is CC(N)CCCN1C(=O)COCC1=O. The molecule has 1 fully saturated rings. The summed E-state index contributed by atoms with van der Waals surface area (Å²) in [6.45, 7) is 2.40. The second kappa shape index (κ2) is 5.07. The summed E-state index contributed by atoms with van der Waals surface area (Å²) in [6, 6.07) is 0.112. The predicted octanol–water partition coefficient (Wildman–Crippen LogP) is -0.501. The van der Waals surface area contributed by atoms with Crippen LogP contribution in [-0.2, 0) is 14.3 Å². The highest BCUT2D eigenvalue weighted by atomic mass is 16.5. The van der Waals surface area contributed by atoms with Crippen molar-refractivity contribution in [3.63, 3.8) is 0 Å². The van der Waals surface area contributed by atoms with E-state index in [4.69, 9.17) is 10.5 Å². The highest BCUT2D eigenvalue weighted by molar-refractivity contribution is 5.98. The number of amides is 2. The highest BCUT2D eigenvalue weighted by Crippen LogP contribution is 2.04. The first-order chi connectivity index (χ1) is 6.61. The molecule has 1 aliphatic rings. The van der Waals surface area contributed by atoms with Crippen molar-refractivity contribution < 1.29 is 14.3 Å². The zero-order valence-electron chi connectivity index (χ0n) is 8.36. The molecule has 1 unspecified atom stereocenters. The van der Waals surface area contributed by atoms with Crippen LogP contribution in [0, 0.1) is 0 Å². The van der Waals surface area contributed by atoms with Crippen LogP contribution in [0.2, 0.25) is 0 Å². The minimum absolute atomic E-state index is 0.0178. The van der Waals surface area contributed by atoms with Crippen molar-refractivity contribution >= 4 is 11.8 Å². The maximum absolute atomic E-state index is 11.2. The number of nitrogens with two attached hydrogens (primary N) is 1. The van der Waals surface area contributed by atoms with E-state index < -0.39 is 0 Å². The van der Waals surface area contributed by atoms with Crippen molar-refractivity contribution in [3.05, 3.63) is 0 Å². The summed E-state index contributed by atoms with van der Waals surface area (Å²) >= 11 is 0. The number of morpholine rings is 1. The molecular weight excluding hydrogens is 184 g/mol. The summed E-state index contributed by atoms with van der Waals surface area (Å²) in [6.07, 6.45) is 1.58. The van der Waals surface area contributed by atoms with Crippen molar-refractivity contribution in [2.24, 2.45) is 5.73 Å². The van der Waals surface area contributed by atoms with E-state index in [1.807, 2.05) is 6.92 Å². The van der Waals surface area contributed by atoms with E-state index in [0.29, 0.717) is 6.54 Å².